The number of thioether (sulfide) groups is 1. The number of rotatable bonds is 16. The number of hydrogen-bond acceptors (Lipinski definition) is 12. The van der Waals surface area contributed by atoms with Crippen LogP contribution < -0.4 is 31.6 Å². The Morgan fingerprint density at radius 2 is 1.34 bits per heavy atom. The maximum Gasteiger partial charge on any atom is 0.206 e. The first kappa shape index (κ1) is 53.4. The second kappa shape index (κ2) is 26.9. The van der Waals surface area contributed by atoms with Crippen molar-refractivity contribution in [3.63, 3.8) is 0 Å². The van der Waals surface area contributed by atoms with Crippen LogP contribution in [0.4, 0.5) is 22.3 Å². The molecule has 5 aromatic rings. The Morgan fingerprint density at radius 3 is 1.86 bits per heavy atom. The third-order valence-corrected chi connectivity index (χ3v) is 15.3. The van der Waals surface area contributed by atoms with Crippen molar-refractivity contribution < 1.29 is 19.1 Å². The largest absolute Gasteiger partial charge is 0.489 e. The van der Waals surface area contributed by atoms with E-state index in [9.17, 15) is 9.59 Å². The summed E-state index contributed by atoms with van der Waals surface area (Å²) in [6.45, 7) is 10.9. The molecule has 0 radical (unpaired) electrons. The smallest absolute Gasteiger partial charge is 0.206 e. The number of benzene rings is 4. The number of nitrogens with one attached hydrogen (secondary N) is 2. The maximum absolute atomic E-state index is 13.0. The van der Waals surface area contributed by atoms with Crippen LogP contribution in [0.25, 0.3) is 0 Å². The molecule has 4 aliphatic rings. The lowest BCUT2D eigenvalue weighted by atomic mass is 10.0. The second-order valence-corrected chi connectivity index (χ2v) is 21.8. The van der Waals surface area contributed by atoms with Crippen LogP contribution in [0.3, 0.4) is 0 Å². The average molecular weight is 1090 g/mol. The van der Waals surface area contributed by atoms with E-state index in [1.165, 1.54) is 79.3 Å². The van der Waals surface area contributed by atoms with Crippen molar-refractivity contribution >= 4 is 105 Å². The molecule has 3 unspecified atom stereocenters. The SMILES string of the molecule is CCN1CCCC(Oc2ccc(NC(=S)N=C(N)SCP)cc2)C1.CCN1CCCC(Oc2ccc(Nc3nc(N)c(C(=O)c4cccc(C5CC5)c4)s3)cc2)C1.O=C(CBr)c1cccc(C2CC2)c1. The lowest BCUT2D eigenvalue weighted by Crippen LogP contribution is -2.40. The van der Waals surface area contributed by atoms with Crippen molar-refractivity contribution in [2.24, 2.45) is 10.7 Å². The number of ketones is 2. The molecule has 0 bridgehead atoms. The number of halogens is 1. The summed E-state index contributed by atoms with van der Waals surface area (Å²) in [5.41, 5.74) is 18.5. The number of piperidine rings is 2. The summed E-state index contributed by atoms with van der Waals surface area (Å²) >= 11 is 11.1. The molecule has 3 heterocycles. The third kappa shape index (κ3) is 16.6. The van der Waals surface area contributed by atoms with E-state index in [1.807, 2.05) is 84.9 Å². The lowest BCUT2D eigenvalue weighted by molar-refractivity contribution is 0.0919. The molecule has 70 heavy (non-hydrogen) atoms. The summed E-state index contributed by atoms with van der Waals surface area (Å²) in [7, 11) is 2.58. The molecule has 4 aromatic carbocycles. The Kier molecular flexibility index (Phi) is 20.5. The number of aliphatic imine (C=N–C) groups is 1. The van der Waals surface area contributed by atoms with Gasteiger partial charge in [-0.1, -0.05) is 89.3 Å². The van der Waals surface area contributed by atoms with E-state index in [0.717, 1.165) is 85.4 Å². The minimum atomic E-state index is -0.0714. The average Bonchev–Trinajstić information content (AvgIpc) is 4.33. The first-order chi connectivity index (χ1) is 34.0. The van der Waals surface area contributed by atoms with E-state index in [2.05, 4.69) is 81.6 Å². The maximum atomic E-state index is 13.0. The number of thiazole rings is 1. The first-order valence-corrected chi connectivity index (χ1v) is 28.5. The van der Waals surface area contributed by atoms with Gasteiger partial charge in [-0.15, -0.1) is 9.24 Å². The van der Waals surface area contributed by atoms with Gasteiger partial charge in [-0.3, -0.25) is 19.4 Å². The van der Waals surface area contributed by atoms with Crippen molar-refractivity contribution in [2.75, 3.05) is 66.5 Å². The number of ether oxygens (including phenoxy) is 2. The van der Waals surface area contributed by atoms with Crippen LogP contribution in [-0.4, -0.2) is 98.9 Å². The quantitative estimate of drug-likeness (QED) is 0.0185. The van der Waals surface area contributed by atoms with Gasteiger partial charge >= 0.3 is 0 Å². The van der Waals surface area contributed by atoms with Crippen LogP contribution in [0, 0.1) is 0 Å². The number of aromatic nitrogens is 1. The molecule has 6 N–H and O–H groups in total. The van der Waals surface area contributed by atoms with Crippen molar-refractivity contribution in [3.05, 3.63) is 124 Å². The zero-order valence-corrected chi connectivity index (χ0v) is 45.3. The lowest BCUT2D eigenvalue weighted by Gasteiger charge is -2.32. The summed E-state index contributed by atoms with van der Waals surface area (Å²) in [5, 5.41) is 8.17. The van der Waals surface area contributed by atoms with Crippen LogP contribution in [-0.2, 0) is 0 Å². The Bertz CT molecular complexity index is 2540. The monoisotopic (exact) mass is 1080 g/mol. The number of Topliss-reactive ketones (excluding diaryl/α,β-unsaturated/α-hetero) is 1. The van der Waals surface area contributed by atoms with Gasteiger partial charge in [-0.25, -0.2) is 4.98 Å². The van der Waals surface area contributed by atoms with Gasteiger partial charge in [0.15, 0.2) is 21.2 Å². The molecule has 0 amide bonds. The highest BCUT2D eigenvalue weighted by Gasteiger charge is 2.26. The highest BCUT2D eigenvalue weighted by atomic mass is 79.9. The van der Waals surface area contributed by atoms with Gasteiger partial charge in [0.05, 0.1) is 5.33 Å². The Labute approximate surface area is 437 Å². The number of alkyl halides is 1. The number of carbonyl (C=O) groups is 2. The number of nitrogens with zero attached hydrogens (tertiary/aromatic N) is 4. The molecule has 2 aliphatic carbocycles. The Hall–Kier alpha value is -4.41. The standard InChI is InChI=1S/C26H30N4O2S.C16H25N4OPS2.C11H11BrO/c1-2-30-14-4-7-22(16-30)32-21-12-10-20(11-13-21)28-26-29-25(27)24(33-26)23(31)19-6-3-5-18(15-19)17-8-9-17;1-2-20-9-3-4-14(10-20)21-13-7-5-12(6-8-13)18-16(23)19-15(17)24-11-22;12-7-11(13)10-3-1-2-9(6-10)8-4-5-8/h3,5-6,10-13,15,17,22H,2,4,7-9,14,16,27H2,1H3,(H,28,29);5-8,14H,2-4,9-11,22H2,1H3,(H3,17,18,19,23);1-3,6,8H,4-5,7H2. The van der Waals surface area contributed by atoms with E-state index in [0.29, 0.717) is 37.1 Å². The van der Waals surface area contributed by atoms with Gasteiger partial charge in [-0.05, 0) is 173 Å². The van der Waals surface area contributed by atoms with Gasteiger partial charge in [0.2, 0.25) is 5.78 Å². The molecule has 17 heteroatoms. The van der Waals surface area contributed by atoms with Gasteiger partial charge in [0.25, 0.3) is 0 Å². The predicted molar refractivity (Wildman–Crippen MR) is 303 cm³/mol. The fraction of sp³-hybridized carbons (Fsp3) is 0.415. The third-order valence-electron chi connectivity index (χ3n) is 12.5. The number of carbonyl (C=O) groups excluding carboxylic acids is 2. The van der Waals surface area contributed by atoms with Crippen LogP contribution in [0.1, 0.15) is 114 Å². The zero-order chi connectivity index (χ0) is 49.4. The minimum absolute atomic E-state index is 0.0714. The predicted octanol–water partition coefficient (Wildman–Crippen LogP) is 11.7. The highest BCUT2D eigenvalue weighted by Crippen LogP contribution is 2.41. The molecule has 2 aliphatic heterocycles. The first-order valence-electron chi connectivity index (χ1n) is 24.3. The van der Waals surface area contributed by atoms with E-state index in [-0.39, 0.29) is 29.6 Å². The van der Waals surface area contributed by atoms with E-state index >= 15 is 0 Å². The van der Waals surface area contributed by atoms with Crippen LogP contribution in [0.2, 0.25) is 0 Å². The molecule has 1 aromatic heterocycles. The number of anilines is 4. The van der Waals surface area contributed by atoms with Gasteiger partial charge in [0, 0.05) is 41.1 Å². The van der Waals surface area contributed by atoms with Gasteiger partial charge in [0.1, 0.15) is 34.4 Å². The fourth-order valence-electron chi connectivity index (χ4n) is 8.39. The number of likely N-dealkylation sites (tertiary alicyclic amines) is 2. The van der Waals surface area contributed by atoms with Crippen LogP contribution in [0.5, 0.6) is 11.5 Å². The van der Waals surface area contributed by atoms with Crippen molar-refractivity contribution in [1.29, 1.82) is 0 Å². The molecule has 12 nitrogen and oxygen atoms in total. The normalized spacial score (nSPS) is 18.3. The topological polar surface area (TPSA) is 160 Å². The summed E-state index contributed by atoms with van der Waals surface area (Å²) in [5.74, 6) is 3.44. The Morgan fingerprint density at radius 1 is 0.814 bits per heavy atom. The minimum Gasteiger partial charge on any atom is -0.489 e. The summed E-state index contributed by atoms with van der Waals surface area (Å²) < 4.78 is 12.3. The molecule has 2 saturated heterocycles. The van der Waals surface area contributed by atoms with Crippen LogP contribution >= 0.6 is 60.5 Å². The zero-order valence-electron chi connectivity index (χ0n) is 40.1. The van der Waals surface area contributed by atoms with E-state index in [1.54, 1.807) is 0 Å². The number of nitrogen functional groups attached to an aromatic ring is 1. The highest BCUT2D eigenvalue weighted by molar-refractivity contribution is 9.09. The van der Waals surface area contributed by atoms with Crippen molar-refractivity contribution in [1.82, 2.24) is 14.8 Å². The number of hydrogen-bond donors (Lipinski definition) is 4. The molecule has 3 atom stereocenters. The van der Waals surface area contributed by atoms with E-state index < -0.39 is 0 Å². The number of nitrogens with two attached hydrogens (primary N) is 2. The summed E-state index contributed by atoms with van der Waals surface area (Å²) in [6, 6.07) is 31.6. The number of likely N-dealkylation sites (N-methyl/N-ethyl adjacent to an activating group) is 2. The van der Waals surface area contributed by atoms with Crippen molar-refractivity contribution in [2.45, 2.75) is 89.3 Å². The second-order valence-electron chi connectivity index (χ2n) is 17.8. The number of thiocarbonyl (C=S) groups is 1. The Balaban J connectivity index is 0.000000170. The van der Waals surface area contributed by atoms with Crippen LogP contribution in [0.15, 0.2) is 102 Å². The summed E-state index contributed by atoms with van der Waals surface area (Å²) in [6.07, 6.45) is 10.1. The fourth-order valence-corrected chi connectivity index (χ4v) is 10.7. The molecule has 2 saturated carbocycles. The van der Waals surface area contributed by atoms with Crippen molar-refractivity contribution in [3.8, 4) is 11.5 Å². The van der Waals surface area contributed by atoms with Gasteiger partial charge in [-0.2, -0.15) is 4.99 Å². The van der Waals surface area contributed by atoms with Gasteiger partial charge < -0.3 is 31.6 Å². The molecule has 0 spiro atoms. The molecule has 372 valence electrons. The van der Waals surface area contributed by atoms with E-state index in [4.69, 9.17) is 33.2 Å². The molecular formula is C53H66BrN8O4PS3. The molecule has 9 rings (SSSR count). The molecular weight excluding hydrogens is 1020 g/mol. The molecule has 4 fully saturated rings. The number of amidine groups is 1. The summed E-state index contributed by atoms with van der Waals surface area (Å²) in [4.78, 5) is 38.3.